The second kappa shape index (κ2) is 5.52. The fourth-order valence-corrected chi connectivity index (χ4v) is 7.30. The second-order valence-electron chi connectivity index (χ2n) is 5.37. The molecular weight excluding hydrogens is 434 g/mol. The van der Waals surface area contributed by atoms with Gasteiger partial charge in [-0.25, -0.2) is 0 Å². The summed E-state index contributed by atoms with van der Waals surface area (Å²) in [6.07, 6.45) is 0. The van der Waals surface area contributed by atoms with E-state index in [1.807, 2.05) is 30.3 Å². The standard InChI is InChI=1S/C15H13BrCl4O2/c1-21-15(22-2)13(19)9(8-6-4-3-5-7-8)10(16)14(15,20)12(18)11(13)17/h3-7,9-10H,1-2H3/t9-,10-,13+,14-/m0/s1. The summed E-state index contributed by atoms with van der Waals surface area (Å²) in [7, 11) is 2.98. The third-order valence-electron chi connectivity index (χ3n) is 4.62. The maximum absolute atomic E-state index is 7.01. The average Bonchev–Trinajstić information content (AvgIpc) is 2.77. The number of alkyl halides is 3. The number of fused-ring (bicyclic) bond motifs is 2. The van der Waals surface area contributed by atoms with E-state index in [0.717, 1.165) is 5.56 Å². The zero-order chi connectivity index (χ0) is 16.3. The van der Waals surface area contributed by atoms with Crippen molar-refractivity contribution in [3.8, 4) is 0 Å². The summed E-state index contributed by atoms with van der Waals surface area (Å²) in [5.41, 5.74) is 0.975. The summed E-state index contributed by atoms with van der Waals surface area (Å²) >= 11 is 30.5. The fraction of sp³-hybridized carbons (Fsp3) is 0.467. The third-order valence-corrected chi connectivity index (χ3v) is 8.71. The Hall–Kier alpha value is 0.520. The van der Waals surface area contributed by atoms with Crippen LogP contribution >= 0.6 is 62.3 Å². The molecule has 0 spiro atoms. The van der Waals surface area contributed by atoms with Crippen molar-refractivity contribution in [2.45, 2.75) is 26.3 Å². The quantitative estimate of drug-likeness (QED) is 0.469. The van der Waals surface area contributed by atoms with Crippen molar-refractivity contribution < 1.29 is 9.47 Å². The van der Waals surface area contributed by atoms with Crippen molar-refractivity contribution in [2.24, 2.45) is 0 Å². The Balaban J connectivity index is 2.31. The van der Waals surface area contributed by atoms with E-state index in [0.29, 0.717) is 0 Å². The molecule has 0 heterocycles. The first-order valence-corrected chi connectivity index (χ1v) is 8.99. The van der Waals surface area contributed by atoms with E-state index >= 15 is 0 Å². The lowest BCUT2D eigenvalue weighted by molar-refractivity contribution is -0.217. The maximum atomic E-state index is 7.01. The van der Waals surface area contributed by atoms with Crippen LogP contribution in [-0.4, -0.2) is 34.6 Å². The van der Waals surface area contributed by atoms with E-state index in [-0.39, 0.29) is 20.8 Å². The molecule has 2 bridgehead atoms. The number of methoxy groups -OCH3 is 2. The van der Waals surface area contributed by atoms with Gasteiger partial charge in [0.05, 0.1) is 14.9 Å². The lowest BCUT2D eigenvalue weighted by atomic mass is 9.85. The molecule has 0 N–H and O–H groups in total. The van der Waals surface area contributed by atoms with E-state index in [1.54, 1.807) is 0 Å². The SMILES string of the molecule is COC1(OC)[C@@]2(Cl)C(Cl)=C(Cl)[C@]1(Cl)[C@@H](c1ccccc1)[C@@H]2Br. The minimum Gasteiger partial charge on any atom is -0.349 e. The Kier molecular flexibility index (Phi) is 4.35. The fourth-order valence-electron chi connectivity index (χ4n) is 3.68. The molecule has 4 atom stereocenters. The molecule has 2 nitrogen and oxygen atoms in total. The molecule has 1 aromatic carbocycles. The molecule has 1 aromatic rings. The number of benzene rings is 1. The highest BCUT2D eigenvalue weighted by Crippen LogP contribution is 2.75. The summed E-state index contributed by atoms with van der Waals surface area (Å²) < 4.78 is 11.4. The van der Waals surface area contributed by atoms with Crippen LogP contribution in [0.15, 0.2) is 40.4 Å². The van der Waals surface area contributed by atoms with Crippen LogP contribution in [-0.2, 0) is 9.47 Å². The summed E-state index contributed by atoms with van der Waals surface area (Å²) in [4.78, 5) is -2.78. The molecule has 0 aromatic heterocycles. The molecule has 2 aliphatic rings. The van der Waals surface area contributed by atoms with E-state index in [2.05, 4.69) is 15.9 Å². The predicted octanol–water partition coefficient (Wildman–Crippen LogP) is 5.19. The molecular formula is C15H13BrCl4O2. The van der Waals surface area contributed by atoms with Gasteiger partial charge < -0.3 is 9.47 Å². The molecule has 3 rings (SSSR count). The Morgan fingerprint density at radius 2 is 1.45 bits per heavy atom. The van der Waals surface area contributed by atoms with Gasteiger partial charge in [0.15, 0.2) is 4.87 Å². The second-order valence-corrected chi connectivity index (χ2v) is 8.30. The van der Waals surface area contributed by atoms with Crippen molar-refractivity contribution in [1.29, 1.82) is 0 Å². The number of hydrogen-bond donors (Lipinski definition) is 0. The van der Waals surface area contributed by atoms with Gasteiger partial charge in [-0.1, -0.05) is 69.5 Å². The zero-order valence-electron chi connectivity index (χ0n) is 11.7. The van der Waals surface area contributed by atoms with Crippen LogP contribution in [0.2, 0.25) is 0 Å². The van der Waals surface area contributed by atoms with E-state index in [9.17, 15) is 0 Å². The summed E-state index contributed by atoms with van der Waals surface area (Å²) in [6, 6.07) is 9.74. The molecule has 0 amide bonds. The summed E-state index contributed by atoms with van der Waals surface area (Å²) in [5, 5.41) is 0.516. The average molecular weight is 447 g/mol. The lowest BCUT2D eigenvalue weighted by Crippen LogP contribution is -2.57. The monoisotopic (exact) mass is 444 g/mol. The third kappa shape index (κ3) is 1.67. The van der Waals surface area contributed by atoms with Gasteiger partial charge >= 0.3 is 0 Å². The Morgan fingerprint density at radius 1 is 0.955 bits per heavy atom. The van der Waals surface area contributed by atoms with Crippen molar-refractivity contribution in [3.63, 3.8) is 0 Å². The molecule has 1 fully saturated rings. The van der Waals surface area contributed by atoms with Crippen LogP contribution in [0.5, 0.6) is 0 Å². The minimum atomic E-state index is -1.38. The van der Waals surface area contributed by atoms with Crippen molar-refractivity contribution in [2.75, 3.05) is 14.2 Å². The van der Waals surface area contributed by atoms with Gasteiger partial charge in [-0.2, -0.15) is 0 Å². The highest BCUT2D eigenvalue weighted by molar-refractivity contribution is 9.09. The molecule has 7 heteroatoms. The van der Waals surface area contributed by atoms with Gasteiger partial charge in [-0.3, -0.25) is 0 Å². The molecule has 1 saturated carbocycles. The van der Waals surface area contributed by atoms with E-state index < -0.39 is 15.5 Å². The normalized spacial score (nSPS) is 39.6. The van der Waals surface area contributed by atoms with Crippen molar-refractivity contribution >= 4 is 62.3 Å². The number of rotatable bonds is 3. The van der Waals surface area contributed by atoms with E-state index in [1.165, 1.54) is 14.2 Å². The van der Waals surface area contributed by atoms with Crippen LogP contribution in [0.3, 0.4) is 0 Å². The Morgan fingerprint density at radius 3 is 1.91 bits per heavy atom. The van der Waals surface area contributed by atoms with Gasteiger partial charge in [-0.15, -0.1) is 23.2 Å². The largest absolute Gasteiger partial charge is 0.349 e. The molecule has 0 unspecified atom stereocenters. The van der Waals surface area contributed by atoms with E-state index in [4.69, 9.17) is 55.9 Å². The first kappa shape index (κ1) is 17.3. The summed E-state index contributed by atoms with van der Waals surface area (Å²) in [6.45, 7) is 0. The van der Waals surface area contributed by atoms with Crippen LogP contribution in [0.1, 0.15) is 11.5 Å². The van der Waals surface area contributed by atoms with Gasteiger partial charge in [0.1, 0.15) is 4.87 Å². The minimum absolute atomic E-state index is 0.253. The van der Waals surface area contributed by atoms with Crippen LogP contribution < -0.4 is 0 Å². The topological polar surface area (TPSA) is 18.5 Å². The number of halogens is 5. The van der Waals surface area contributed by atoms with Gasteiger partial charge in [-0.05, 0) is 5.56 Å². The molecule has 0 saturated heterocycles. The van der Waals surface area contributed by atoms with Crippen molar-refractivity contribution in [3.05, 3.63) is 46.0 Å². The number of hydrogen-bond acceptors (Lipinski definition) is 2. The van der Waals surface area contributed by atoms with Crippen LogP contribution in [0, 0.1) is 0 Å². The molecule has 120 valence electrons. The Labute approximate surface area is 157 Å². The van der Waals surface area contributed by atoms with Crippen molar-refractivity contribution in [1.82, 2.24) is 0 Å². The van der Waals surface area contributed by atoms with Gasteiger partial charge in [0, 0.05) is 20.1 Å². The smallest absolute Gasteiger partial charge is 0.219 e. The van der Waals surface area contributed by atoms with Crippen LogP contribution in [0.4, 0.5) is 0 Å². The highest BCUT2D eigenvalue weighted by Gasteiger charge is 2.84. The molecule has 2 aliphatic carbocycles. The number of ether oxygens (including phenoxy) is 2. The summed E-state index contributed by atoms with van der Waals surface area (Å²) in [5.74, 6) is -1.66. The van der Waals surface area contributed by atoms with Crippen LogP contribution in [0.25, 0.3) is 0 Å². The Bertz CT molecular complexity index is 634. The predicted molar refractivity (Wildman–Crippen MR) is 94.5 cm³/mol. The highest BCUT2D eigenvalue weighted by atomic mass is 79.9. The van der Waals surface area contributed by atoms with Gasteiger partial charge in [0.2, 0.25) is 5.79 Å². The lowest BCUT2D eigenvalue weighted by Gasteiger charge is -2.41. The zero-order valence-corrected chi connectivity index (χ0v) is 16.4. The molecule has 0 aliphatic heterocycles. The maximum Gasteiger partial charge on any atom is 0.219 e. The van der Waals surface area contributed by atoms with Gasteiger partial charge in [0.25, 0.3) is 0 Å². The molecule has 0 radical (unpaired) electrons. The first-order valence-electron chi connectivity index (χ1n) is 6.56. The molecule has 22 heavy (non-hydrogen) atoms. The first-order chi connectivity index (χ1) is 10.3.